The summed E-state index contributed by atoms with van der Waals surface area (Å²) >= 11 is 6.42. The number of hydrogen-bond donors (Lipinski definition) is 2. The van der Waals surface area contributed by atoms with E-state index in [0.29, 0.717) is 54.2 Å². The van der Waals surface area contributed by atoms with Crippen molar-refractivity contribution >= 4 is 24.3 Å². The van der Waals surface area contributed by atoms with Gasteiger partial charge in [-0.1, -0.05) is 29.8 Å². The van der Waals surface area contributed by atoms with Crippen molar-refractivity contribution in [2.24, 2.45) is 0 Å². The van der Waals surface area contributed by atoms with E-state index in [9.17, 15) is 14.0 Å². The van der Waals surface area contributed by atoms with Gasteiger partial charge in [-0.05, 0) is 56.3 Å². The smallest absolute Gasteiger partial charge is 0.207 e. The van der Waals surface area contributed by atoms with E-state index >= 15 is 0 Å². The zero-order chi connectivity index (χ0) is 21.1. The van der Waals surface area contributed by atoms with Gasteiger partial charge in [-0.3, -0.25) is 9.59 Å². The van der Waals surface area contributed by atoms with Crippen LogP contribution in [0, 0.1) is 19.7 Å². The largest absolute Gasteiger partial charge is 0.490 e. The summed E-state index contributed by atoms with van der Waals surface area (Å²) in [4.78, 5) is 21.0. The molecule has 2 aromatic rings. The molecule has 0 aliphatic heterocycles. The standard InChI is InChI=1S/C19H19ClFNO3.C2H7N/c1-12-7-16(9-15-4-3-14(10-23)8-17(15)21)13(2)18(20)19(12)25-6-5-22-11-24;1-3-2/h3-4,7-8,10-11H,5-6,9H2,1-2H3,(H,22,24);3H,1-2H3. The second-order valence-corrected chi connectivity index (χ2v) is 6.56. The fraction of sp³-hybridized carbons (Fsp3) is 0.333. The van der Waals surface area contributed by atoms with Crippen molar-refractivity contribution in [3.63, 3.8) is 0 Å². The van der Waals surface area contributed by atoms with Gasteiger partial charge in [-0.2, -0.15) is 0 Å². The number of nitrogens with one attached hydrogen (secondary N) is 2. The molecule has 2 rings (SSSR count). The Labute approximate surface area is 170 Å². The Morgan fingerprint density at radius 3 is 2.39 bits per heavy atom. The Hall–Kier alpha value is -2.44. The van der Waals surface area contributed by atoms with Gasteiger partial charge in [0.15, 0.2) is 0 Å². The minimum atomic E-state index is -0.418. The second-order valence-electron chi connectivity index (χ2n) is 6.19. The number of carbonyl (C=O) groups is 2. The summed E-state index contributed by atoms with van der Waals surface area (Å²) in [6, 6.07) is 6.34. The summed E-state index contributed by atoms with van der Waals surface area (Å²) < 4.78 is 19.8. The highest BCUT2D eigenvalue weighted by Crippen LogP contribution is 2.35. The van der Waals surface area contributed by atoms with E-state index in [1.165, 1.54) is 6.07 Å². The Morgan fingerprint density at radius 1 is 1.14 bits per heavy atom. The molecular formula is C21H26ClFN2O3. The van der Waals surface area contributed by atoms with Gasteiger partial charge >= 0.3 is 0 Å². The lowest BCUT2D eigenvalue weighted by molar-refractivity contribution is -0.109. The molecule has 5 nitrogen and oxygen atoms in total. The van der Waals surface area contributed by atoms with Crippen molar-refractivity contribution in [1.82, 2.24) is 10.6 Å². The fourth-order valence-corrected chi connectivity index (χ4v) is 2.86. The Kier molecular flexibility index (Phi) is 10.2. The zero-order valence-electron chi connectivity index (χ0n) is 16.6. The van der Waals surface area contributed by atoms with Crippen LogP contribution in [-0.4, -0.2) is 39.9 Å². The summed E-state index contributed by atoms with van der Waals surface area (Å²) in [6.07, 6.45) is 1.59. The highest BCUT2D eigenvalue weighted by molar-refractivity contribution is 6.33. The number of halogens is 2. The molecule has 152 valence electrons. The number of benzene rings is 2. The molecule has 0 aliphatic carbocycles. The number of hydrogen-bond acceptors (Lipinski definition) is 4. The second kappa shape index (κ2) is 12.1. The quantitative estimate of drug-likeness (QED) is 0.518. The zero-order valence-corrected chi connectivity index (χ0v) is 17.3. The molecule has 0 heterocycles. The van der Waals surface area contributed by atoms with Gasteiger partial charge in [-0.15, -0.1) is 0 Å². The molecule has 0 unspecified atom stereocenters. The van der Waals surface area contributed by atoms with Gasteiger partial charge in [0.25, 0.3) is 0 Å². The van der Waals surface area contributed by atoms with Crippen LogP contribution in [0.2, 0.25) is 5.02 Å². The monoisotopic (exact) mass is 408 g/mol. The van der Waals surface area contributed by atoms with Crippen molar-refractivity contribution < 1.29 is 18.7 Å². The Morgan fingerprint density at radius 2 is 1.82 bits per heavy atom. The van der Waals surface area contributed by atoms with E-state index in [-0.39, 0.29) is 0 Å². The highest BCUT2D eigenvalue weighted by atomic mass is 35.5. The van der Waals surface area contributed by atoms with Gasteiger partial charge < -0.3 is 15.4 Å². The predicted molar refractivity (Wildman–Crippen MR) is 110 cm³/mol. The van der Waals surface area contributed by atoms with Crippen LogP contribution in [0.4, 0.5) is 4.39 Å². The van der Waals surface area contributed by atoms with Crippen molar-refractivity contribution in [3.05, 3.63) is 62.9 Å². The van der Waals surface area contributed by atoms with Crippen LogP contribution in [0.15, 0.2) is 24.3 Å². The first-order chi connectivity index (χ1) is 13.4. The summed E-state index contributed by atoms with van der Waals surface area (Å²) in [6.45, 7) is 4.41. The van der Waals surface area contributed by atoms with E-state index in [0.717, 1.165) is 16.7 Å². The summed E-state index contributed by atoms with van der Waals surface area (Å²) in [5, 5.41) is 5.74. The number of aldehydes is 1. The molecule has 0 saturated carbocycles. The molecule has 0 saturated heterocycles. The van der Waals surface area contributed by atoms with E-state index < -0.39 is 5.82 Å². The molecule has 0 radical (unpaired) electrons. The average molecular weight is 409 g/mol. The van der Waals surface area contributed by atoms with Gasteiger partial charge in [0, 0.05) is 12.0 Å². The van der Waals surface area contributed by atoms with Crippen molar-refractivity contribution in [3.8, 4) is 5.75 Å². The molecule has 28 heavy (non-hydrogen) atoms. The first kappa shape index (κ1) is 23.6. The number of ether oxygens (including phenoxy) is 1. The third kappa shape index (κ3) is 6.62. The van der Waals surface area contributed by atoms with Gasteiger partial charge in [0.1, 0.15) is 24.5 Å². The first-order valence-electron chi connectivity index (χ1n) is 8.80. The number of rotatable bonds is 8. The van der Waals surface area contributed by atoms with E-state index in [1.807, 2.05) is 34.0 Å². The number of amides is 1. The SMILES string of the molecule is CNC.Cc1cc(Cc2ccc(C=O)cc2F)c(C)c(Cl)c1OCCNC=O. The average Bonchev–Trinajstić information content (AvgIpc) is 2.67. The van der Waals surface area contributed by atoms with Crippen molar-refractivity contribution in [2.45, 2.75) is 20.3 Å². The molecule has 0 aromatic heterocycles. The Bertz CT molecular complexity index is 813. The molecule has 0 atom stereocenters. The van der Waals surface area contributed by atoms with Gasteiger partial charge in [0.2, 0.25) is 6.41 Å². The van der Waals surface area contributed by atoms with Gasteiger partial charge in [0.05, 0.1) is 11.6 Å². The van der Waals surface area contributed by atoms with Crippen LogP contribution in [0.5, 0.6) is 5.75 Å². The maximum atomic E-state index is 14.1. The maximum Gasteiger partial charge on any atom is 0.207 e. The molecule has 0 fully saturated rings. The van der Waals surface area contributed by atoms with Crippen LogP contribution in [0.1, 0.15) is 32.6 Å². The lowest BCUT2D eigenvalue weighted by Gasteiger charge is -2.16. The molecule has 7 heteroatoms. The van der Waals surface area contributed by atoms with E-state index in [1.54, 1.807) is 12.1 Å². The van der Waals surface area contributed by atoms with Crippen LogP contribution >= 0.6 is 11.6 Å². The van der Waals surface area contributed by atoms with Crippen LogP contribution in [0.25, 0.3) is 0 Å². The summed E-state index contributed by atoms with van der Waals surface area (Å²) in [5.41, 5.74) is 3.33. The summed E-state index contributed by atoms with van der Waals surface area (Å²) in [7, 11) is 3.75. The molecule has 2 aromatic carbocycles. The minimum absolute atomic E-state index is 0.305. The molecule has 2 N–H and O–H groups in total. The third-order valence-electron chi connectivity index (χ3n) is 3.93. The van der Waals surface area contributed by atoms with E-state index in [4.69, 9.17) is 16.3 Å². The predicted octanol–water partition coefficient (Wildman–Crippen LogP) is 3.46. The minimum Gasteiger partial charge on any atom is -0.490 e. The Balaban J connectivity index is 0.00000122. The van der Waals surface area contributed by atoms with Crippen LogP contribution in [0.3, 0.4) is 0 Å². The summed E-state index contributed by atoms with van der Waals surface area (Å²) in [5.74, 6) is 0.144. The van der Waals surface area contributed by atoms with Crippen LogP contribution in [-0.2, 0) is 11.2 Å². The fourth-order valence-electron chi connectivity index (χ4n) is 2.54. The lowest BCUT2D eigenvalue weighted by atomic mass is 9.97. The number of aryl methyl sites for hydroxylation is 1. The third-order valence-corrected chi connectivity index (χ3v) is 4.38. The normalized spacial score (nSPS) is 9.93. The first-order valence-corrected chi connectivity index (χ1v) is 9.17. The van der Waals surface area contributed by atoms with Gasteiger partial charge in [-0.25, -0.2) is 4.39 Å². The molecule has 0 spiro atoms. The van der Waals surface area contributed by atoms with Crippen molar-refractivity contribution in [1.29, 1.82) is 0 Å². The van der Waals surface area contributed by atoms with E-state index in [2.05, 4.69) is 10.6 Å². The lowest BCUT2D eigenvalue weighted by Crippen LogP contribution is -2.19. The topological polar surface area (TPSA) is 67.4 Å². The highest BCUT2D eigenvalue weighted by Gasteiger charge is 2.15. The number of carbonyl (C=O) groups excluding carboxylic acids is 2. The molecule has 0 aliphatic rings. The maximum absolute atomic E-state index is 14.1. The van der Waals surface area contributed by atoms with Crippen LogP contribution < -0.4 is 15.4 Å². The van der Waals surface area contributed by atoms with Crippen molar-refractivity contribution in [2.75, 3.05) is 27.2 Å². The molecule has 1 amide bonds. The molecule has 0 bridgehead atoms. The molecular weight excluding hydrogens is 383 g/mol.